The lowest BCUT2D eigenvalue weighted by Crippen LogP contribution is -2.44. The SMILES string of the molecule is CCC(C(=O)O)N(C)C(=O)COc1ccc(C)cc1Br. The summed E-state index contributed by atoms with van der Waals surface area (Å²) in [6.07, 6.45) is 0.353. The molecule has 1 unspecified atom stereocenters. The van der Waals surface area contributed by atoms with Crippen molar-refractivity contribution in [3.05, 3.63) is 28.2 Å². The number of carboxylic acids is 1. The van der Waals surface area contributed by atoms with Gasteiger partial charge in [0.1, 0.15) is 11.8 Å². The molecule has 0 aliphatic heterocycles. The van der Waals surface area contributed by atoms with Crippen molar-refractivity contribution in [2.24, 2.45) is 0 Å². The molecule has 0 fully saturated rings. The number of halogens is 1. The van der Waals surface area contributed by atoms with Gasteiger partial charge in [0.05, 0.1) is 4.47 Å². The van der Waals surface area contributed by atoms with Crippen LogP contribution in [0.4, 0.5) is 0 Å². The quantitative estimate of drug-likeness (QED) is 0.861. The molecule has 0 bridgehead atoms. The van der Waals surface area contributed by atoms with E-state index in [0.717, 1.165) is 10.0 Å². The first-order valence-electron chi connectivity index (χ1n) is 6.24. The van der Waals surface area contributed by atoms with Gasteiger partial charge in [-0.25, -0.2) is 4.79 Å². The molecule has 0 aliphatic carbocycles. The Hall–Kier alpha value is -1.56. The molecule has 0 aromatic heterocycles. The molecule has 5 nitrogen and oxygen atoms in total. The molecule has 110 valence electrons. The summed E-state index contributed by atoms with van der Waals surface area (Å²) in [5.74, 6) is -0.827. The van der Waals surface area contributed by atoms with E-state index in [-0.39, 0.29) is 12.5 Å². The molecule has 20 heavy (non-hydrogen) atoms. The lowest BCUT2D eigenvalue weighted by Gasteiger charge is -2.23. The van der Waals surface area contributed by atoms with E-state index in [1.54, 1.807) is 13.0 Å². The number of carbonyl (C=O) groups excluding carboxylic acids is 1. The van der Waals surface area contributed by atoms with Crippen LogP contribution in [0.3, 0.4) is 0 Å². The van der Waals surface area contributed by atoms with Crippen LogP contribution in [0.5, 0.6) is 5.75 Å². The monoisotopic (exact) mass is 343 g/mol. The smallest absolute Gasteiger partial charge is 0.326 e. The van der Waals surface area contributed by atoms with Crippen LogP contribution >= 0.6 is 15.9 Å². The van der Waals surface area contributed by atoms with Gasteiger partial charge in [-0.1, -0.05) is 13.0 Å². The van der Waals surface area contributed by atoms with E-state index >= 15 is 0 Å². The number of aliphatic carboxylic acids is 1. The van der Waals surface area contributed by atoms with Gasteiger partial charge in [-0.3, -0.25) is 4.79 Å². The second-order valence-corrected chi connectivity index (χ2v) is 5.34. The Bertz CT molecular complexity index is 504. The summed E-state index contributed by atoms with van der Waals surface area (Å²) in [5, 5.41) is 9.01. The number of carbonyl (C=O) groups is 2. The maximum atomic E-state index is 11.9. The third-order valence-electron chi connectivity index (χ3n) is 2.97. The highest BCUT2D eigenvalue weighted by Crippen LogP contribution is 2.25. The van der Waals surface area contributed by atoms with Crippen LogP contribution in [0.1, 0.15) is 18.9 Å². The Kier molecular flexibility index (Phi) is 6.01. The molecule has 1 atom stereocenters. The Morgan fingerprint density at radius 2 is 2.10 bits per heavy atom. The fourth-order valence-electron chi connectivity index (χ4n) is 1.75. The average Bonchev–Trinajstić information content (AvgIpc) is 2.37. The molecule has 1 aromatic carbocycles. The second-order valence-electron chi connectivity index (χ2n) is 4.49. The van der Waals surface area contributed by atoms with Crippen LogP contribution in [-0.4, -0.2) is 41.6 Å². The summed E-state index contributed by atoms with van der Waals surface area (Å²) in [4.78, 5) is 24.1. The summed E-state index contributed by atoms with van der Waals surface area (Å²) in [6.45, 7) is 3.48. The van der Waals surface area contributed by atoms with Gasteiger partial charge in [0, 0.05) is 7.05 Å². The lowest BCUT2D eigenvalue weighted by molar-refractivity contribution is -0.149. The van der Waals surface area contributed by atoms with Gasteiger partial charge in [0.15, 0.2) is 6.61 Å². The van der Waals surface area contributed by atoms with Crippen molar-refractivity contribution in [2.45, 2.75) is 26.3 Å². The summed E-state index contributed by atoms with van der Waals surface area (Å²) < 4.78 is 6.18. The van der Waals surface area contributed by atoms with Crippen molar-refractivity contribution in [1.82, 2.24) is 4.90 Å². The molecule has 0 radical (unpaired) electrons. The number of carboxylic acid groups (broad SMARTS) is 1. The number of hydrogen-bond acceptors (Lipinski definition) is 3. The normalized spacial score (nSPS) is 11.8. The standard InChI is InChI=1S/C14H18BrNO4/c1-4-11(14(18)19)16(3)13(17)8-20-12-6-5-9(2)7-10(12)15/h5-7,11H,4,8H2,1-3H3,(H,18,19). The molecule has 1 N–H and O–H groups in total. The van der Waals surface area contributed by atoms with E-state index < -0.39 is 12.0 Å². The first-order valence-corrected chi connectivity index (χ1v) is 7.03. The molecule has 6 heteroatoms. The maximum absolute atomic E-state index is 11.9. The molecular formula is C14H18BrNO4. The Balaban J connectivity index is 2.65. The van der Waals surface area contributed by atoms with Crippen molar-refractivity contribution < 1.29 is 19.4 Å². The Morgan fingerprint density at radius 3 is 2.60 bits per heavy atom. The summed E-state index contributed by atoms with van der Waals surface area (Å²) in [6, 6.07) is 4.70. The van der Waals surface area contributed by atoms with Gasteiger partial charge < -0.3 is 14.7 Å². The third-order valence-corrected chi connectivity index (χ3v) is 3.59. The number of nitrogens with zero attached hydrogens (tertiary/aromatic N) is 1. The molecule has 1 amide bonds. The number of amides is 1. The van der Waals surface area contributed by atoms with Crippen LogP contribution in [0.2, 0.25) is 0 Å². The summed E-state index contributed by atoms with van der Waals surface area (Å²) in [7, 11) is 1.47. The van der Waals surface area contributed by atoms with Gasteiger partial charge in [-0.15, -0.1) is 0 Å². The fraction of sp³-hybridized carbons (Fsp3) is 0.429. The first kappa shape index (κ1) is 16.5. The topological polar surface area (TPSA) is 66.8 Å². The van der Waals surface area contributed by atoms with Gasteiger partial charge in [-0.2, -0.15) is 0 Å². The molecule has 0 aliphatic rings. The van der Waals surface area contributed by atoms with Crippen LogP contribution in [-0.2, 0) is 9.59 Å². The summed E-state index contributed by atoms with van der Waals surface area (Å²) >= 11 is 3.36. The van der Waals surface area contributed by atoms with Crippen LogP contribution in [0.25, 0.3) is 0 Å². The predicted octanol–water partition coefficient (Wildman–Crippen LogP) is 2.46. The minimum absolute atomic E-state index is 0.193. The highest BCUT2D eigenvalue weighted by Gasteiger charge is 2.24. The zero-order chi connectivity index (χ0) is 15.3. The van der Waals surface area contributed by atoms with E-state index in [9.17, 15) is 9.59 Å². The zero-order valence-electron chi connectivity index (χ0n) is 11.7. The average molecular weight is 344 g/mol. The minimum atomic E-state index is -1.01. The highest BCUT2D eigenvalue weighted by molar-refractivity contribution is 9.10. The van der Waals surface area contributed by atoms with Gasteiger partial charge in [0.2, 0.25) is 0 Å². The third kappa shape index (κ3) is 4.23. The number of ether oxygens (including phenoxy) is 1. The van der Waals surface area contributed by atoms with Crippen molar-refractivity contribution in [1.29, 1.82) is 0 Å². The number of likely N-dealkylation sites (N-methyl/N-ethyl adjacent to an activating group) is 1. The van der Waals surface area contributed by atoms with Crippen molar-refractivity contribution in [3.8, 4) is 5.75 Å². The largest absolute Gasteiger partial charge is 0.483 e. The van der Waals surface area contributed by atoms with Gasteiger partial charge >= 0.3 is 5.97 Å². The van der Waals surface area contributed by atoms with E-state index in [4.69, 9.17) is 9.84 Å². The van der Waals surface area contributed by atoms with Crippen LogP contribution in [0, 0.1) is 6.92 Å². The molecular weight excluding hydrogens is 326 g/mol. The van der Waals surface area contributed by atoms with Crippen LogP contribution in [0.15, 0.2) is 22.7 Å². The number of hydrogen-bond donors (Lipinski definition) is 1. The molecule has 0 heterocycles. The van der Waals surface area contributed by atoms with Crippen LogP contribution < -0.4 is 4.74 Å². The molecule has 1 aromatic rings. The van der Waals surface area contributed by atoms with Crippen molar-refractivity contribution in [2.75, 3.05) is 13.7 Å². The number of aryl methyl sites for hydroxylation is 1. The van der Waals surface area contributed by atoms with E-state index in [1.807, 2.05) is 19.1 Å². The first-order chi connectivity index (χ1) is 9.36. The van der Waals surface area contributed by atoms with E-state index in [0.29, 0.717) is 12.2 Å². The minimum Gasteiger partial charge on any atom is -0.483 e. The molecule has 1 rings (SSSR count). The second kappa shape index (κ2) is 7.28. The Morgan fingerprint density at radius 1 is 1.45 bits per heavy atom. The predicted molar refractivity (Wildman–Crippen MR) is 78.9 cm³/mol. The zero-order valence-corrected chi connectivity index (χ0v) is 13.3. The molecule has 0 saturated carbocycles. The van der Waals surface area contributed by atoms with Gasteiger partial charge in [-0.05, 0) is 47.0 Å². The molecule has 0 spiro atoms. The lowest BCUT2D eigenvalue weighted by atomic mass is 10.2. The van der Waals surface area contributed by atoms with Crippen molar-refractivity contribution in [3.63, 3.8) is 0 Å². The number of rotatable bonds is 6. The van der Waals surface area contributed by atoms with Gasteiger partial charge in [0.25, 0.3) is 5.91 Å². The molecule has 0 saturated heterocycles. The fourth-order valence-corrected chi connectivity index (χ4v) is 2.36. The van der Waals surface area contributed by atoms with Crippen molar-refractivity contribution >= 4 is 27.8 Å². The van der Waals surface area contributed by atoms with E-state index in [2.05, 4.69) is 15.9 Å². The Labute approximate surface area is 126 Å². The number of benzene rings is 1. The summed E-state index contributed by atoms with van der Waals surface area (Å²) in [5.41, 5.74) is 1.07. The maximum Gasteiger partial charge on any atom is 0.326 e. The highest BCUT2D eigenvalue weighted by atomic mass is 79.9. The van der Waals surface area contributed by atoms with E-state index in [1.165, 1.54) is 11.9 Å².